The molecule has 2 heterocycles. The van der Waals surface area contributed by atoms with E-state index in [4.69, 9.17) is 0 Å². The van der Waals surface area contributed by atoms with Crippen LogP contribution >= 0.6 is 0 Å². The second kappa shape index (κ2) is 5.99. The van der Waals surface area contributed by atoms with Crippen molar-refractivity contribution in [1.82, 2.24) is 10.2 Å². The van der Waals surface area contributed by atoms with Gasteiger partial charge in [0.1, 0.15) is 5.75 Å². The summed E-state index contributed by atoms with van der Waals surface area (Å²) in [5.74, 6) is 1.12. The van der Waals surface area contributed by atoms with Gasteiger partial charge in [-0.3, -0.25) is 0 Å². The zero-order valence-corrected chi connectivity index (χ0v) is 14.9. The quantitative estimate of drug-likeness (QED) is 0.899. The van der Waals surface area contributed by atoms with Crippen molar-refractivity contribution in [2.75, 3.05) is 18.1 Å². The summed E-state index contributed by atoms with van der Waals surface area (Å²) < 4.78 is 0. The second-order valence-corrected chi connectivity index (χ2v) is 7.79. The van der Waals surface area contributed by atoms with Crippen molar-refractivity contribution in [3.63, 3.8) is 0 Å². The van der Waals surface area contributed by atoms with Crippen molar-refractivity contribution in [3.8, 4) is 17.0 Å². The molecule has 0 spiro atoms. The molecule has 132 valence electrons. The van der Waals surface area contributed by atoms with Gasteiger partial charge in [-0.2, -0.15) is 0 Å². The Labute approximate surface area is 148 Å². The van der Waals surface area contributed by atoms with Crippen LogP contribution in [0, 0.1) is 19.3 Å². The van der Waals surface area contributed by atoms with Gasteiger partial charge in [-0.05, 0) is 62.4 Å². The third kappa shape index (κ3) is 2.76. The Morgan fingerprint density at radius 2 is 2.08 bits per heavy atom. The van der Waals surface area contributed by atoms with Gasteiger partial charge in [0.2, 0.25) is 0 Å². The van der Waals surface area contributed by atoms with Crippen molar-refractivity contribution in [2.45, 2.75) is 45.6 Å². The van der Waals surface area contributed by atoms with E-state index < -0.39 is 0 Å². The van der Waals surface area contributed by atoms with E-state index in [1.165, 1.54) is 6.42 Å². The summed E-state index contributed by atoms with van der Waals surface area (Å²) in [6, 6.07) is 8.18. The van der Waals surface area contributed by atoms with Crippen LogP contribution in [-0.2, 0) is 0 Å². The first kappa shape index (κ1) is 16.3. The summed E-state index contributed by atoms with van der Waals surface area (Å²) in [5.41, 5.74) is 3.50. The zero-order valence-electron chi connectivity index (χ0n) is 14.9. The number of hydrogen-bond acceptors (Lipinski definition) is 5. The number of aromatic nitrogens is 2. The number of aliphatic hydroxyl groups excluding tert-OH is 1. The molecule has 1 aliphatic carbocycles. The monoisotopic (exact) mass is 339 g/mol. The van der Waals surface area contributed by atoms with Gasteiger partial charge >= 0.3 is 0 Å². The highest BCUT2D eigenvalue weighted by Gasteiger charge is 2.46. The van der Waals surface area contributed by atoms with Gasteiger partial charge < -0.3 is 15.1 Å². The second-order valence-electron chi connectivity index (χ2n) is 7.79. The van der Waals surface area contributed by atoms with Crippen LogP contribution in [0.25, 0.3) is 11.3 Å². The summed E-state index contributed by atoms with van der Waals surface area (Å²) in [5, 5.41) is 29.0. The Kier molecular flexibility index (Phi) is 3.91. The van der Waals surface area contributed by atoms with E-state index in [0.717, 1.165) is 48.3 Å². The molecule has 1 aliphatic heterocycles. The molecule has 25 heavy (non-hydrogen) atoms. The molecule has 2 aliphatic rings. The Morgan fingerprint density at radius 1 is 1.24 bits per heavy atom. The third-order valence-corrected chi connectivity index (χ3v) is 5.85. The van der Waals surface area contributed by atoms with Crippen LogP contribution in [0.4, 0.5) is 5.82 Å². The number of rotatable bonds is 3. The standard InChI is InChI=1S/C20H25N3O2/c1-13-8-14(2)19(17(25)9-13)16-5-6-18(22-21-16)23-11-20(12-24)7-3-4-15(23)10-20/h5-6,8-9,15,24-25H,3-4,7,10-12H2,1-2H3. The first-order valence-electron chi connectivity index (χ1n) is 9.03. The van der Waals surface area contributed by atoms with Gasteiger partial charge in [0, 0.05) is 23.6 Å². The summed E-state index contributed by atoms with van der Waals surface area (Å²) >= 11 is 0. The fourth-order valence-electron chi connectivity index (χ4n) is 4.67. The number of phenols is 1. The third-order valence-electron chi connectivity index (χ3n) is 5.85. The molecule has 2 atom stereocenters. The number of nitrogens with zero attached hydrogens (tertiary/aromatic N) is 3. The van der Waals surface area contributed by atoms with E-state index in [9.17, 15) is 10.2 Å². The van der Waals surface area contributed by atoms with E-state index in [1.807, 2.05) is 32.0 Å². The van der Waals surface area contributed by atoms with Gasteiger partial charge in [0.15, 0.2) is 5.82 Å². The minimum Gasteiger partial charge on any atom is -0.507 e. The van der Waals surface area contributed by atoms with Crippen LogP contribution in [-0.4, -0.2) is 39.6 Å². The molecule has 1 aromatic carbocycles. The molecule has 1 saturated carbocycles. The molecule has 2 aromatic rings. The van der Waals surface area contributed by atoms with Gasteiger partial charge in [-0.15, -0.1) is 10.2 Å². The molecule has 1 aromatic heterocycles. The van der Waals surface area contributed by atoms with E-state index in [-0.39, 0.29) is 17.8 Å². The molecule has 1 saturated heterocycles. The Bertz CT molecular complexity index is 767. The van der Waals surface area contributed by atoms with E-state index >= 15 is 0 Å². The maximum absolute atomic E-state index is 10.3. The molecule has 5 heteroatoms. The molecule has 2 unspecified atom stereocenters. The van der Waals surface area contributed by atoms with E-state index in [0.29, 0.717) is 11.7 Å². The fraction of sp³-hybridized carbons (Fsp3) is 0.500. The van der Waals surface area contributed by atoms with Crippen molar-refractivity contribution >= 4 is 5.82 Å². The lowest BCUT2D eigenvalue weighted by molar-refractivity contribution is 0.116. The predicted molar refractivity (Wildman–Crippen MR) is 97.7 cm³/mol. The van der Waals surface area contributed by atoms with E-state index in [2.05, 4.69) is 15.1 Å². The highest BCUT2D eigenvalue weighted by atomic mass is 16.3. The van der Waals surface area contributed by atoms with E-state index in [1.54, 1.807) is 6.07 Å². The Hall–Kier alpha value is -2.14. The average molecular weight is 339 g/mol. The highest BCUT2D eigenvalue weighted by Crippen LogP contribution is 2.46. The van der Waals surface area contributed by atoms with Crippen molar-refractivity contribution in [1.29, 1.82) is 0 Å². The van der Waals surface area contributed by atoms with Crippen LogP contribution in [0.15, 0.2) is 24.3 Å². The van der Waals surface area contributed by atoms with Crippen LogP contribution < -0.4 is 4.90 Å². The topological polar surface area (TPSA) is 69.5 Å². The van der Waals surface area contributed by atoms with Gasteiger partial charge in [-0.1, -0.05) is 12.5 Å². The minimum absolute atomic E-state index is 0.0368. The molecule has 2 bridgehead atoms. The minimum atomic E-state index is 0.0368. The molecule has 2 fully saturated rings. The Morgan fingerprint density at radius 3 is 2.72 bits per heavy atom. The number of aliphatic hydroxyl groups is 1. The number of phenolic OH excluding ortho intramolecular Hbond substituents is 1. The molecule has 2 N–H and O–H groups in total. The van der Waals surface area contributed by atoms with Crippen molar-refractivity contribution < 1.29 is 10.2 Å². The van der Waals surface area contributed by atoms with Crippen LogP contribution in [0.3, 0.4) is 0 Å². The first-order valence-corrected chi connectivity index (χ1v) is 9.03. The lowest BCUT2D eigenvalue weighted by Crippen LogP contribution is -2.30. The van der Waals surface area contributed by atoms with Crippen LogP contribution in [0.2, 0.25) is 0 Å². The molecular weight excluding hydrogens is 314 g/mol. The fourth-order valence-corrected chi connectivity index (χ4v) is 4.67. The lowest BCUT2D eigenvalue weighted by atomic mass is 9.76. The molecule has 5 nitrogen and oxygen atoms in total. The summed E-state index contributed by atoms with van der Waals surface area (Å²) in [6.07, 6.45) is 4.47. The first-order chi connectivity index (χ1) is 12.0. The molecule has 0 radical (unpaired) electrons. The normalized spacial score (nSPS) is 25.4. The SMILES string of the molecule is Cc1cc(C)c(-c2ccc(N3CC4(CO)CCCC3C4)nn2)c(O)c1. The summed E-state index contributed by atoms with van der Waals surface area (Å²) in [7, 11) is 0. The maximum Gasteiger partial charge on any atom is 0.151 e. The molecule has 4 rings (SSSR count). The average Bonchev–Trinajstić information content (AvgIpc) is 2.86. The number of anilines is 1. The summed E-state index contributed by atoms with van der Waals surface area (Å²) in [4.78, 5) is 2.31. The largest absolute Gasteiger partial charge is 0.507 e. The predicted octanol–water partition coefficient (Wildman–Crippen LogP) is 3.21. The Balaban J connectivity index is 1.63. The number of aryl methyl sites for hydroxylation is 2. The number of fused-ring (bicyclic) bond motifs is 2. The smallest absolute Gasteiger partial charge is 0.151 e. The lowest BCUT2D eigenvalue weighted by Gasteiger charge is -2.28. The maximum atomic E-state index is 10.3. The van der Waals surface area contributed by atoms with Crippen LogP contribution in [0.5, 0.6) is 5.75 Å². The number of benzene rings is 1. The highest BCUT2D eigenvalue weighted by molar-refractivity contribution is 5.71. The van der Waals surface area contributed by atoms with Crippen molar-refractivity contribution in [3.05, 3.63) is 35.4 Å². The number of hydrogen-bond donors (Lipinski definition) is 2. The molecular formula is C20H25N3O2. The zero-order chi connectivity index (χ0) is 17.6. The molecule has 0 amide bonds. The van der Waals surface area contributed by atoms with Gasteiger partial charge in [0.25, 0.3) is 0 Å². The van der Waals surface area contributed by atoms with Crippen LogP contribution in [0.1, 0.15) is 36.8 Å². The number of aromatic hydroxyl groups is 1. The van der Waals surface area contributed by atoms with Crippen molar-refractivity contribution in [2.24, 2.45) is 5.41 Å². The van der Waals surface area contributed by atoms with Gasteiger partial charge in [-0.25, -0.2) is 0 Å². The summed E-state index contributed by atoms with van der Waals surface area (Å²) in [6.45, 7) is 5.05. The van der Waals surface area contributed by atoms with Gasteiger partial charge in [0.05, 0.1) is 12.3 Å².